The van der Waals surface area contributed by atoms with Crippen molar-refractivity contribution in [2.24, 2.45) is 4.99 Å². The molecule has 5 rings (SSSR count). The summed E-state index contributed by atoms with van der Waals surface area (Å²) in [6.45, 7) is 2.58. The second kappa shape index (κ2) is 13.5. The van der Waals surface area contributed by atoms with Gasteiger partial charge < -0.3 is 34.5 Å². The third kappa shape index (κ3) is 6.23. The van der Waals surface area contributed by atoms with Crippen LogP contribution in [0.2, 0.25) is 6.82 Å². The van der Waals surface area contributed by atoms with E-state index < -0.39 is 17.5 Å². The van der Waals surface area contributed by atoms with Gasteiger partial charge in [0, 0.05) is 75.8 Å². The van der Waals surface area contributed by atoms with Crippen LogP contribution in [0.3, 0.4) is 0 Å². The zero-order chi connectivity index (χ0) is 26.4. The number of hydrogen-bond acceptors (Lipinski definition) is 9. The van der Waals surface area contributed by atoms with E-state index in [1.165, 1.54) is 25.0 Å². The molecule has 1 aliphatic carbocycles. The average molecular weight is 585 g/mol. The van der Waals surface area contributed by atoms with Crippen LogP contribution in [-0.4, -0.2) is 64.7 Å². The number of aromatic nitrogens is 4. The van der Waals surface area contributed by atoms with Crippen molar-refractivity contribution < 1.29 is 56.9 Å². The average Bonchev–Trinajstić information content (AvgIpc) is 3.16. The van der Waals surface area contributed by atoms with Gasteiger partial charge in [0.2, 0.25) is 0 Å². The topological polar surface area (TPSA) is 140 Å². The summed E-state index contributed by atoms with van der Waals surface area (Å²) in [5.41, 5.74) is 1.34. The number of nitrogens with zero attached hydrogens (tertiary/aromatic N) is 4. The van der Waals surface area contributed by atoms with Crippen molar-refractivity contribution in [3.63, 3.8) is 0 Å². The molecule has 4 aromatic rings. The number of pyridine rings is 1. The summed E-state index contributed by atoms with van der Waals surface area (Å²) in [6, 6.07) is 13.3. The van der Waals surface area contributed by atoms with Gasteiger partial charge >= 0.3 is 0 Å². The quantitative estimate of drug-likeness (QED) is 0.146. The van der Waals surface area contributed by atoms with Gasteiger partial charge in [0.25, 0.3) is 0 Å². The van der Waals surface area contributed by atoms with Gasteiger partial charge in [-0.25, -0.2) is 4.98 Å². The second-order valence-corrected chi connectivity index (χ2v) is 7.86. The van der Waals surface area contributed by atoms with Crippen LogP contribution in [-0.2, 0) is 37.4 Å². The van der Waals surface area contributed by atoms with Crippen LogP contribution in [0.5, 0.6) is 17.5 Å². The number of methoxy groups -OCH3 is 1. The molecule has 0 saturated heterocycles. The van der Waals surface area contributed by atoms with Gasteiger partial charge in [0.15, 0.2) is 17.6 Å². The van der Waals surface area contributed by atoms with Crippen molar-refractivity contribution in [1.82, 2.24) is 19.9 Å². The molecule has 189 valence electrons. The molecule has 2 aromatic heterocycles. The minimum atomic E-state index is -1.22. The van der Waals surface area contributed by atoms with Crippen LogP contribution in [0.25, 0.3) is 10.9 Å². The van der Waals surface area contributed by atoms with Crippen molar-refractivity contribution in [2.75, 3.05) is 20.3 Å². The first-order valence-electron chi connectivity index (χ1n) is 11.5. The number of aromatic hydroxyl groups is 1. The van der Waals surface area contributed by atoms with Crippen molar-refractivity contribution in [2.45, 2.75) is 19.2 Å². The molecule has 1 aliphatic rings. The number of ketones is 2. The zero-order valence-corrected chi connectivity index (χ0v) is 23.7. The van der Waals surface area contributed by atoms with Crippen LogP contribution in [0.4, 0.5) is 0 Å². The third-order valence-corrected chi connectivity index (χ3v) is 5.56. The molecule has 12 heteroatoms. The van der Waals surface area contributed by atoms with Gasteiger partial charge in [-0.1, -0.05) is 25.0 Å². The monoisotopic (exact) mass is 585 g/mol. The predicted octanol–water partition coefficient (Wildman–Crippen LogP) is 2.95. The summed E-state index contributed by atoms with van der Waals surface area (Å²) in [6.07, 6.45) is 3.20. The Hall–Kier alpha value is -3.27. The number of Topliss-reactive ketones (excluding diaryl/α,β-unsaturated/α-hetero) is 2. The molecule has 38 heavy (non-hydrogen) atoms. The molecule has 2 N–H and O–H groups in total. The van der Waals surface area contributed by atoms with E-state index in [0.717, 1.165) is 6.42 Å². The van der Waals surface area contributed by atoms with Gasteiger partial charge in [0.05, 0.1) is 13.4 Å². The SMILES string of the molecule is COCCCN=c1n[c-]nc(Oc2ccc3c(c2)C(=O)C(c2nc4ccccc4cc2O)C3=O)[nH]1.[B]C.[Y]. The molecule has 1 unspecified atom stereocenters. The Morgan fingerprint density at radius 2 is 1.84 bits per heavy atom. The van der Waals surface area contributed by atoms with E-state index in [0.29, 0.717) is 24.1 Å². The maximum atomic E-state index is 13.2. The molecule has 0 bridgehead atoms. The zero-order valence-electron chi connectivity index (χ0n) is 20.8. The molecule has 2 aromatic carbocycles. The van der Waals surface area contributed by atoms with Crippen molar-refractivity contribution >= 4 is 30.3 Å². The van der Waals surface area contributed by atoms with Crippen LogP contribution in [0.1, 0.15) is 38.7 Å². The molecule has 0 fully saturated rings. The maximum absolute atomic E-state index is 13.2. The smallest absolute Gasteiger partial charge is 0.185 e. The Kier molecular flexibility index (Phi) is 10.4. The summed E-state index contributed by atoms with van der Waals surface area (Å²) in [5.74, 6) is -2.02. The van der Waals surface area contributed by atoms with E-state index in [4.69, 9.17) is 9.47 Å². The number of rotatable bonds is 7. The molecule has 0 spiro atoms. The number of carbonyl (C=O) groups excluding carboxylic acids is 2. The summed E-state index contributed by atoms with van der Waals surface area (Å²) in [4.78, 5) is 45.7. The first-order chi connectivity index (χ1) is 18.0. The molecule has 1 atom stereocenters. The summed E-state index contributed by atoms with van der Waals surface area (Å²) < 4.78 is 10.7. The van der Waals surface area contributed by atoms with Gasteiger partial charge in [-0.15, -0.1) is 0 Å². The summed E-state index contributed by atoms with van der Waals surface area (Å²) >= 11 is 0. The number of H-pyrrole nitrogens is 1. The normalized spacial score (nSPS) is 14.5. The van der Waals surface area contributed by atoms with Crippen LogP contribution in [0.15, 0.2) is 53.5 Å². The van der Waals surface area contributed by atoms with Crippen LogP contribution >= 0.6 is 0 Å². The molecule has 10 nitrogen and oxygen atoms in total. The summed E-state index contributed by atoms with van der Waals surface area (Å²) in [5, 5.41) is 11.2. The van der Waals surface area contributed by atoms with Crippen LogP contribution in [0, 0.1) is 6.33 Å². The third-order valence-electron chi connectivity index (χ3n) is 5.56. The minimum Gasteiger partial charge on any atom is -0.506 e. The number of nitrogens with one attached hydrogen (secondary N) is 1. The van der Waals surface area contributed by atoms with E-state index >= 15 is 0 Å². The van der Waals surface area contributed by atoms with E-state index in [1.54, 1.807) is 31.4 Å². The number of benzene rings is 2. The number of fused-ring (bicyclic) bond motifs is 2. The van der Waals surface area contributed by atoms with E-state index in [2.05, 4.69) is 39.1 Å². The van der Waals surface area contributed by atoms with Crippen molar-refractivity contribution in [3.05, 3.63) is 77.3 Å². The Labute approximate surface area is 245 Å². The van der Waals surface area contributed by atoms with Crippen LogP contribution < -0.4 is 10.4 Å². The molecule has 0 aliphatic heterocycles. The number of carbonyl (C=O) groups is 2. The molecular formula is C26H23BN5O5Y-. The van der Waals surface area contributed by atoms with E-state index in [-0.39, 0.29) is 72.7 Å². The fraction of sp³-hybridized carbons (Fsp3) is 0.231. The Bertz CT molecular complexity index is 1530. The maximum Gasteiger partial charge on any atom is 0.185 e. The Balaban J connectivity index is 0.00000130. The molecule has 3 radical (unpaired) electrons. The Morgan fingerprint density at radius 3 is 2.63 bits per heavy atom. The number of aromatic amines is 1. The molecule has 2 heterocycles. The van der Waals surface area contributed by atoms with Crippen molar-refractivity contribution in [3.8, 4) is 17.5 Å². The first-order valence-corrected chi connectivity index (χ1v) is 11.5. The van der Waals surface area contributed by atoms with Gasteiger partial charge in [-0.05, 0) is 36.8 Å². The van der Waals surface area contributed by atoms with E-state index in [9.17, 15) is 14.7 Å². The standard InChI is InChI=1S/C25H20N5O5.CH3B.Y/c1-34-10-4-9-26-24-27-13-28-25(30-24)35-15-7-8-16-17(12-15)23(33)20(22(16)32)21-19(31)11-14-5-2-3-6-18(14)29-21;1-2;/h2-3,5-8,11-12,20,31H,4,9-10H2,1H3,(H,26,27,28,30);1H3;/q-1;;. The fourth-order valence-corrected chi connectivity index (χ4v) is 3.91. The number of ether oxygens (including phenoxy) is 2. The molecular weight excluding hydrogens is 562 g/mol. The number of hydrogen-bond donors (Lipinski definition) is 2. The van der Waals surface area contributed by atoms with Crippen molar-refractivity contribution in [1.29, 1.82) is 0 Å². The Morgan fingerprint density at radius 1 is 1.08 bits per heavy atom. The molecule has 0 amide bonds. The largest absolute Gasteiger partial charge is 0.506 e. The van der Waals surface area contributed by atoms with Gasteiger partial charge in [-0.3, -0.25) is 9.59 Å². The van der Waals surface area contributed by atoms with E-state index in [1.807, 2.05) is 6.07 Å². The summed E-state index contributed by atoms with van der Waals surface area (Å²) in [7, 11) is 6.12. The predicted molar refractivity (Wildman–Crippen MR) is 135 cm³/mol. The fourth-order valence-electron chi connectivity index (χ4n) is 3.91. The number of para-hydroxylation sites is 1. The first kappa shape index (κ1) is 29.3. The van der Waals surface area contributed by atoms with Gasteiger partial charge in [-0.2, -0.15) is 0 Å². The van der Waals surface area contributed by atoms with Gasteiger partial charge in [0.1, 0.15) is 28.7 Å². The molecule has 0 saturated carbocycles. The second-order valence-electron chi connectivity index (χ2n) is 7.86. The minimum absolute atomic E-state index is 0.